The molecule has 0 bridgehead atoms. The van der Waals surface area contributed by atoms with Crippen molar-refractivity contribution in [3.05, 3.63) is 81.0 Å². The second-order valence-corrected chi connectivity index (χ2v) is 8.41. The number of thioether (sulfide) groups is 1. The molecule has 0 aromatic heterocycles. The first kappa shape index (κ1) is 26.2. The molecule has 0 saturated heterocycles. The number of esters is 1. The number of nitro benzene ring substituents is 1. The van der Waals surface area contributed by atoms with Crippen molar-refractivity contribution in [2.45, 2.75) is 38.7 Å². The van der Waals surface area contributed by atoms with Crippen LogP contribution in [0.15, 0.2) is 64.8 Å². The molecular weight excluding hydrogens is 466 g/mol. The highest BCUT2D eigenvalue weighted by atomic mass is 35.5. The van der Waals surface area contributed by atoms with Crippen LogP contribution in [0.4, 0.5) is 5.69 Å². The quantitative estimate of drug-likeness (QED) is 0.323. The SMILES string of the molecule is COc1ccc(CSC2=NC(c3cccc([N+](=O)[O-])c3)C(C(=O)OC(C)C)=C(C)N2)cc1.Cl. The van der Waals surface area contributed by atoms with E-state index in [1.54, 1.807) is 40.0 Å². The smallest absolute Gasteiger partial charge is 0.338 e. The van der Waals surface area contributed by atoms with E-state index in [4.69, 9.17) is 14.5 Å². The molecule has 0 spiro atoms. The number of rotatable bonds is 7. The lowest BCUT2D eigenvalue weighted by atomic mass is 9.96. The van der Waals surface area contributed by atoms with Crippen LogP contribution in [0, 0.1) is 10.1 Å². The van der Waals surface area contributed by atoms with Crippen molar-refractivity contribution in [2.75, 3.05) is 7.11 Å². The lowest BCUT2D eigenvalue weighted by molar-refractivity contribution is -0.384. The van der Waals surface area contributed by atoms with Gasteiger partial charge in [0, 0.05) is 23.6 Å². The van der Waals surface area contributed by atoms with Crippen molar-refractivity contribution < 1.29 is 19.2 Å². The maximum absolute atomic E-state index is 12.8. The topological polar surface area (TPSA) is 103 Å². The van der Waals surface area contributed by atoms with Crippen molar-refractivity contribution in [3.63, 3.8) is 0 Å². The molecule has 0 radical (unpaired) electrons. The van der Waals surface area contributed by atoms with Gasteiger partial charge in [0.05, 0.1) is 23.7 Å². The number of hydrogen-bond acceptors (Lipinski definition) is 8. The molecule has 0 aliphatic carbocycles. The molecule has 176 valence electrons. The average molecular weight is 492 g/mol. The fraction of sp³-hybridized carbons (Fsp3) is 0.304. The average Bonchev–Trinajstić information content (AvgIpc) is 2.77. The number of nitrogens with zero attached hydrogens (tertiary/aromatic N) is 2. The molecule has 2 aromatic carbocycles. The van der Waals surface area contributed by atoms with Gasteiger partial charge < -0.3 is 14.8 Å². The minimum atomic E-state index is -0.708. The van der Waals surface area contributed by atoms with Gasteiger partial charge >= 0.3 is 5.97 Å². The highest BCUT2D eigenvalue weighted by molar-refractivity contribution is 8.13. The van der Waals surface area contributed by atoms with E-state index >= 15 is 0 Å². The fourth-order valence-electron chi connectivity index (χ4n) is 3.19. The Labute approximate surface area is 203 Å². The lowest BCUT2D eigenvalue weighted by Crippen LogP contribution is -2.31. The molecule has 1 unspecified atom stereocenters. The summed E-state index contributed by atoms with van der Waals surface area (Å²) in [7, 11) is 1.62. The minimum absolute atomic E-state index is 0. The van der Waals surface area contributed by atoms with Crippen molar-refractivity contribution in [2.24, 2.45) is 4.99 Å². The van der Waals surface area contributed by atoms with Crippen LogP contribution >= 0.6 is 24.2 Å². The number of non-ortho nitro benzene ring substituents is 1. The first-order valence-corrected chi connectivity index (χ1v) is 11.0. The third kappa shape index (κ3) is 6.72. The van der Waals surface area contributed by atoms with Crippen LogP contribution in [0.3, 0.4) is 0 Å². The van der Waals surface area contributed by atoms with Gasteiger partial charge in [-0.3, -0.25) is 10.1 Å². The summed E-state index contributed by atoms with van der Waals surface area (Å²) < 4.78 is 10.6. The molecule has 1 aliphatic heterocycles. The van der Waals surface area contributed by atoms with Gasteiger partial charge in [0.1, 0.15) is 11.8 Å². The molecule has 33 heavy (non-hydrogen) atoms. The number of carbonyl (C=O) groups is 1. The molecule has 3 rings (SSSR count). The van der Waals surface area contributed by atoms with Gasteiger partial charge in [-0.05, 0) is 44.0 Å². The largest absolute Gasteiger partial charge is 0.497 e. The highest BCUT2D eigenvalue weighted by Gasteiger charge is 2.31. The van der Waals surface area contributed by atoms with E-state index in [9.17, 15) is 14.9 Å². The number of benzene rings is 2. The van der Waals surface area contributed by atoms with Gasteiger partial charge in [0.15, 0.2) is 5.17 Å². The Balaban J connectivity index is 0.00000385. The zero-order chi connectivity index (χ0) is 23.3. The Morgan fingerprint density at radius 2 is 1.94 bits per heavy atom. The number of hydrogen-bond donors (Lipinski definition) is 1. The maximum atomic E-state index is 12.8. The predicted molar refractivity (Wildman–Crippen MR) is 132 cm³/mol. The molecule has 1 aliphatic rings. The second-order valence-electron chi connectivity index (χ2n) is 7.44. The van der Waals surface area contributed by atoms with Crippen LogP contribution in [0.5, 0.6) is 5.75 Å². The van der Waals surface area contributed by atoms with Crippen molar-refractivity contribution >= 4 is 41.0 Å². The summed E-state index contributed by atoms with van der Waals surface area (Å²) >= 11 is 1.48. The van der Waals surface area contributed by atoms with Gasteiger partial charge in [0.2, 0.25) is 0 Å². The van der Waals surface area contributed by atoms with Gasteiger partial charge in [-0.15, -0.1) is 12.4 Å². The molecule has 8 nitrogen and oxygen atoms in total. The van der Waals surface area contributed by atoms with Crippen molar-refractivity contribution in [1.29, 1.82) is 0 Å². The summed E-state index contributed by atoms with van der Waals surface area (Å²) in [6, 6.07) is 13.2. The predicted octanol–water partition coefficient (Wildman–Crippen LogP) is 5.18. The van der Waals surface area contributed by atoms with E-state index in [1.807, 2.05) is 24.3 Å². The van der Waals surface area contributed by atoms with Crippen LogP contribution in [-0.4, -0.2) is 29.3 Å². The van der Waals surface area contributed by atoms with Crippen LogP contribution in [0.1, 0.15) is 37.9 Å². The number of ether oxygens (including phenoxy) is 2. The van der Waals surface area contributed by atoms with E-state index < -0.39 is 16.9 Å². The number of nitrogens with one attached hydrogen (secondary N) is 1. The number of nitro groups is 1. The Bertz CT molecular complexity index is 1070. The van der Waals surface area contributed by atoms with E-state index in [1.165, 1.54) is 23.9 Å². The Morgan fingerprint density at radius 3 is 2.55 bits per heavy atom. The molecule has 1 atom stereocenters. The summed E-state index contributed by atoms with van der Waals surface area (Å²) in [6.07, 6.45) is -0.302. The number of allylic oxidation sites excluding steroid dienone is 1. The Hall–Kier alpha value is -3.04. The zero-order valence-corrected chi connectivity index (χ0v) is 20.4. The van der Waals surface area contributed by atoms with Crippen LogP contribution < -0.4 is 10.1 Å². The number of aliphatic imine (C=N–C) groups is 1. The van der Waals surface area contributed by atoms with E-state index in [-0.39, 0.29) is 24.2 Å². The molecule has 0 fully saturated rings. The molecular formula is C23H26ClN3O5S. The summed E-state index contributed by atoms with van der Waals surface area (Å²) in [5.41, 5.74) is 2.53. The maximum Gasteiger partial charge on any atom is 0.338 e. The molecule has 2 aromatic rings. The molecule has 0 saturated carbocycles. The van der Waals surface area contributed by atoms with Crippen molar-refractivity contribution in [1.82, 2.24) is 5.32 Å². The standard InChI is InChI=1S/C23H25N3O5S.ClH/c1-14(2)31-22(27)20-15(3)24-23(32-13-16-8-10-19(30-4)11-9-16)25-21(20)17-6-5-7-18(12-17)26(28)29;/h5-12,14,21H,13H2,1-4H3,(H,24,25);1H. The Kier molecular flexibility index (Phi) is 9.31. The highest BCUT2D eigenvalue weighted by Crippen LogP contribution is 2.35. The normalized spacial score (nSPS) is 15.3. The van der Waals surface area contributed by atoms with Crippen LogP contribution in [0.25, 0.3) is 0 Å². The first-order valence-electron chi connectivity index (χ1n) is 10.0. The number of carbonyl (C=O) groups excluding carboxylic acids is 1. The van der Waals surface area contributed by atoms with Crippen LogP contribution in [0.2, 0.25) is 0 Å². The Morgan fingerprint density at radius 1 is 1.24 bits per heavy atom. The summed E-state index contributed by atoms with van der Waals surface area (Å²) in [5.74, 6) is 0.936. The number of amidine groups is 1. The van der Waals surface area contributed by atoms with Crippen molar-refractivity contribution in [3.8, 4) is 5.75 Å². The second kappa shape index (κ2) is 11.7. The van der Waals surface area contributed by atoms with E-state index in [2.05, 4.69) is 5.32 Å². The summed E-state index contributed by atoms with van der Waals surface area (Å²) in [5, 5.41) is 15.1. The number of methoxy groups -OCH3 is 1. The third-order valence-corrected chi connectivity index (χ3v) is 5.67. The molecule has 10 heteroatoms. The van der Waals surface area contributed by atoms with Crippen LogP contribution in [-0.2, 0) is 15.3 Å². The first-order chi connectivity index (χ1) is 15.3. The van der Waals surface area contributed by atoms with Gasteiger partial charge in [-0.2, -0.15) is 0 Å². The lowest BCUT2D eigenvalue weighted by Gasteiger charge is -2.26. The van der Waals surface area contributed by atoms with Gasteiger partial charge in [-0.1, -0.05) is 36.0 Å². The number of halogens is 1. The van der Waals surface area contributed by atoms with E-state index in [0.717, 1.165) is 11.3 Å². The molecule has 1 N–H and O–H groups in total. The summed E-state index contributed by atoms with van der Waals surface area (Å²) in [6.45, 7) is 5.32. The molecule has 1 heterocycles. The molecule has 0 amide bonds. The van der Waals surface area contributed by atoms with Gasteiger partial charge in [-0.25, -0.2) is 9.79 Å². The zero-order valence-electron chi connectivity index (χ0n) is 18.7. The van der Waals surface area contributed by atoms with E-state index in [0.29, 0.717) is 27.8 Å². The fourth-order valence-corrected chi connectivity index (χ4v) is 4.09. The van der Waals surface area contributed by atoms with Gasteiger partial charge in [0.25, 0.3) is 5.69 Å². The summed E-state index contributed by atoms with van der Waals surface area (Å²) in [4.78, 5) is 28.4. The third-order valence-electron chi connectivity index (χ3n) is 4.71. The monoisotopic (exact) mass is 491 g/mol. The minimum Gasteiger partial charge on any atom is -0.497 e.